The number of ether oxygens (including phenoxy) is 3. The summed E-state index contributed by atoms with van der Waals surface area (Å²) in [5.41, 5.74) is -3.63. The number of rotatable bonds is 7. The van der Waals surface area contributed by atoms with Gasteiger partial charge in [0, 0.05) is 5.02 Å². The third kappa shape index (κ3) is 6.89. The Hall–Kier alpha value is -4.96. The standard InChI is InChI=1S/C40H43ClN2O8/c1-25(2)21-22-39(28-13-9-11-15-30(28)42(33(39)45)35(47)50-37(3,4)5)40(23-32(44)49-24-26-17-19-27(41)20-18-26)29-14-10-12-16-31(29)43(34(40)46)36(48)51-38(6,7)8/h9-21H,22-24H2,1-8H3/t39-,40-/m1/s1. The number of carbonyl (C=O) groups is 5. The predicted molar refractivity (Wildman–Crippen MR) is 194 cm³/mol. The van der Waals surface area contributed by atoms with Gasteiger partial charge < -0.3 is 14.2 Å². The monoisotopic (exact) mass is 714 g/mol. The van der Waals surface area contributed by atoms with Crippen molar-refractivity contribution < 1.29 is 38.2 Å². The molecule has 2 atom stereocenters. The number of esters is 1. The van der Waals surface area contributed by atoms with Crippen LogP contribution in [0.25, 0.3) is 0 Å². The molecule has 11 heteroatoms. The Labute approximate surface area is 303 Å². The number of allylic oxidation sites excluding steroid dienone is 2. The van der Waals surface area contributed by atoms with Crippen LogP contribution in [-0.2, 0) is 46.0 Å². The van der Waals surface area contributed by atoms with Gasteiger partial charge in [-0.2, -0.15) is 0 Å². The second-order valence-electron chi connectivity index (χ2n) is 15.0. The Balaban J connectivity index is 1.80. The Morgan fingerprint density at radius 2 is 1.16 bits per heavy atom. The van der Waals surface area contributed by atoms with Crippen LogP contribution >= 0.6 is 11.6 Å². The van der Waals surface area contributed by atoms with Crippen LogP contribution in [0, 0.1) is 0 Å². The molecular weight excluding hydrogens is 672 g/mol. The van der Waals surface area contributed by atoms with Gasteiger partial charge in [-0.15, -0.1) is 0 Å². The van der Waals surface area contributed by atoms with Crippen LogP contribution in [0.5, 0.6) is 0 Å². The van der Waals surface area contributed by atoms with Gasteiger partial charge in [0.1, 0.15) is 23.2 Å². The molecule has 3 aromatic rings. The molecule has 0 aliphatic carbocycles. The fourth-order valence-electron chi connectivity index (χ4n) is 6.75. The summed E-state index contributed by atoms with van der Waals surface area (Å²) in [5, 5.41) is 0.508. The van der Waals surface area contributed by atoms with Crippen molar-refractivity contribution in [2.24, 2.45) is 0 Å². The van der Waals surface area contributed by atoms with Gasteiger partial charge in [-0.25, -0.2) is 19.4 Å². The first-order valence-corrected chi connectivity index (χ1v) is 17.1. The summed E-state index contributed by atoms with van der Waals surface area (Å²) in [6.07, 6.45) is -0.898. The number of hydrogen-bond acceptors (Lipinski definition) is 8. The summed E-state index contributed by atoms with van der Waals surface area (Å²) < 4.78 is 17.2. The minimum Gasteiger partial charge on any atom is -0.461 e. The van der Waals surface area contributed by atoms with Crippen molar-refractivity contribution in [3.05, 3.63) is 106 Å². The van der Waals surface area contributed by atoms with Crippen LogP contribution in [0.15, 0.2) is 84.4 Å². The number of amides is 4. The highest BCUT2D eigenvalue weighted by atomic mass is 35.5. The number of imide groups is 2. The van der Waals surface area contributed by atoms with Gasteiger partial charge in [0.2, 0.25) is 11.8 Å². The van der Waals surface area contributed by atoms with Crippen LogP contribution in [0.4, 0.5) is 21.0 Å². The van der Waals surface area contributed by atoms with Gasteiger partial charge in [0.05, 0.1) is 23.2 Å². The summed E-state index contributed by atoms with van der Waals surface area (Å²) >= 11 is 6.05. The predicted octanol–water partition coefficient (Wildman–Crippen LogP) is 8.57. The number of benzene rings is 3. The maximum Gasteiger partial charge on any atom is 0.421 e. The molecule has 2 aliphatic rings. The number of fused-ring (bicyclic) bond motifs is 2. The number of halogens is 1. The maximum absolute atomic E-state index is 15.5. The van der Waals surface area contributed by atoms with Crippen molar-refractivity contribution >= 4 is 52.9 Å². The van der Waals surface area contributed by atoms with E-state index in [1.54, 1.807) is 120 Å². The molecular formula is C40H43ClN2O8. The van der Waals surface area contributed by atoms with E-state index in [1.807, 2.05) is 13.8 Å². The fourth-order valence-corrected chi connectivity index (χ4v) is 6.88. The van der Waals surface area contributed by atoms with E-state index < -0.39 is 58.4 Å². The largest absolute Gasteiger partial charge is 0.461 e. The number of anilines is 2. The smallest absolute Gasteiger partial charge is 0.421 e. The second-order valence-corrected chi connectivity index (χ2v) is 15.5. The molecule has 0 bridgehead atoms. The zero-order valence-corrected chi connectivity index (χ0v) is 30.9. The highest BCUT2D eigenvalue weighted by molar-refractivity contribution is 6.30. The van der Waals surface area contributed by atoms with Gasteiger partial charge in [-0.3, -0.25) is 14.4 Å². The SMILES string of the molecule is CC(C)=CC[C@]1([C@@]2(CC(=O)OCc3ccc(Cl)cc3)C(=O)N(C(=O)OC(C)(C)C)c3ccccc32)C(=O)N(C(=O)OC(C)(C)C)c2ccccc21. The summed E-state index contributed by atoms with van der Waals surface area (Å²) in [4.78, 5) is 74.8. The lowest BCUT2D eigenvalue weighted by atomic mass is 9.54. The Morgan fingerprint density at radius 1 is 0.706 bits per heavy atom. The van der Waals surface area contributed by atoms with E-state index in [1.165, 1.54) is 0 Å². The van der Waals surface area contributed by atoms with Gasteiger partial charge in [-0.1, -0.05) is 71.8 Å². The molecule has 5 rings (SSSR count). The molecule has 4 amide bonds. The van der Waals surface area contributed by atoms with Crippen molar-refractivity contribution in [3.63, 3.8) is 0 Å². The zero-order valence-electron chi connectivity index (χ0n) is 30.2. The van der Waals surface area contributed by atoms with E-state index in [0.717, 1.165) is 15.4 Å². The van der Waals surface area contributed by atoms with Crippen LogP contribution < -0.4 is 9.80 Å². The molecule has 2 aliphatic heterocycles. The van der Waals surface area contributed by atoms with Crippen LogP contribution in [0.1, 0.15) is 84.9 Å². The molecule has 3 aromatic carbocycles. The number of carbonyl (C=O) groups excluding carboxylic acids is 5. The average Bonchev–Trinajstić information content (AvgIpc) is 3.43. The van der Waals surface area contributed by atoms with Crippen molar-refractivity contribution in [2.75, 3.05) is 9.80 Å². The first-order chi connectivity index (χ1) is 23.8. The summed E-state index contributed by atoms with van der Waals surface area (Å²) in [7, 11) is 0. The van der Waals surface area contributed by atoms with Crippen LogP contribution in [-0.4, -0.2) is 41.2 Å². The van der Waals surface area contributed by atoms with Crippen molar-refractivity contribution in [1.29, 1.82) is 0 Å². The third-order valence-electron chi connectivity index (χ3n) is 8.77. The van der Waals surface area contributed by atoms with Crippen molar-refractivity contribution in [2.45, 2.75) is 96.9 Å². The molecule has 0 unspecified atom stereocenters. The molecule has 0 spiro atoms. The molecule has 0 fully saturated rings. The quantitative estimate of drug-likeness (QED) is 0.136. The number of nitrogens with zero attached hydrogens (tertiary/aromatic N) is 2. The Kier molecular flexibility index (Phi) is 9.97. The number of hydrogen-bond donors (Lipinski definition) is 0. The van der Waals surface area contributed by atoms with Gasteiger partial charge in [-0.05, 0) is 103 Å². The Morgan fingerprint density at radius 3 is 1.63 bits per heavy atom. The molecule has 51 heavy (non-hydrogen) atoms. The van der Waals surface area contributed by atoms with E-state index in [4.69, 9.17) is 25.8 Å². The Bertz CT molecular complexity index is 1920. The first kappa shape index (κ1) is 37.3. The summed E-state index contributed by atoms with van der Waals surface area (Å²) in [6, 6.07) is 19.9. The van der Waals surface area contributed by atoms with E-state index in [2.05, 4.69) is 0 Å². The fraction of sp³-hybridized carbons (Fsp3) is 0.375. The average molecular weight is 715 g/mol. The maximum atomic E-state index is 15.5. The van der Waals surface area contributed by atoms with Gasteiger partial charge >= 0.3 is 18.2 Å². The zero-order chi connectivity index (χ0) is 37.5. The molecule has 0 saturated carbocycles. The summed E-state index contributed by atoms with van der Waals surface area (Å²) in [6.45, 7) is 13.6. The topological polar surface area (TPSA) is 120 Å². The lowest BCUT2D eigenvalue weighted by molar-refractivity contribution is -0.151. The molecule has 0 aromatic heterocycles. The molecule has 0 saturated heterocycles. The van der Waals surface area contributed by atoms with Gasteiger partial charge in [0.15, 0.2) is 0 Å². The van der Waals surface area contributed by atoms with Crippen molar-refractivity contribution in [3.8, 4) is 0 Å². The second kappa shape index (κ2) is 13.6. The minimum atomic E-state index is -2.10. The van der Waals surface area contributed by atoms with E-state index >= 15 is 9.59 Å². The molecule has 268 valence electrons. The molecule has 0 radical (unpaired) electrons. The van der Waals surface area contributed by atoms with E-state index in [-0.39, 0.29) is 30.0 Å². The third-order valence-corrected chi connectivity index (χ3v) is 9.02. The van der Waals surface area contributed by atoms with Crippen LogP contribution in [0.2, 0.25) is 5.02 Å². The van der Waals surface area contributed by atoms with Crippen LogP contribution in [0.3, 0.4) is 0 Å². The normalized spacial score (nSPS) is 19.7. The summed E-state index contributed by atoms with van der Waals surface area (Å²) in [5.74, 6) is -2.45. The lowest BCUT2D eigenvalue weighted by Crippen LogP contribution is -2.62. The lowest BCUT2D eigenvalue weighted by Gasteiger charge is -2.43. The molecule has 2 heterocycles. The van der Waals surface area contributed by atoms with E-state index in [9.17, 15) is 14.4 Å². The number of para-hydroxylation sites is 2. The molecule has 10 nitrogen and oxygen atoms in total. The van der Waals surface area contributed by atoms with E-state index in [0.29, 0.717) is 16.1 Å². The highest BCUT2D eigenvalue weighted by Crippen LogP contribution is 2.62. The highest BCUT2D eigenvalue weighted by Gasteiger charge is 2.72. The van der Waals surface area contributed by atoms with Crippen molar-refractivity contribution in [1.82, 2.24) is 0 Å². The minimum absolute atomic E-state index is 0.114. The first-order valence-electron chi connectivity index (χ1n) is 16.7. The molecule has 0 N–H and O–H groups in total. The van der Waals surface area contributed by atoms with Gasteiger partial charge in [0.25, 0.3) is 0 Å².